The lowest BCUT2D eigenvalue weighted by molar-refractivity contribution is -0.115. The van der Waals surface area contributed by atoms with Gasteiger partial charge in [0.15, 0.2) is 11.5 Å². The number of nitrogens with one attached hydrogen (secondary N) is 1. The Hall–Kier alpha value is -3.46. The highest BCUT2D eigenvalue weighted by Crippen LogP contribution is 2.33. The van der Waals surface area contributed by atoms with Gasteiger partial charge in [-0.3, -0.25) is 4.79 Å². The van der Waals surface area contributed by atoms with E-state index in [1.807, 2.05) is 41.9 Å². The normalized spacial score (nSPS) is 13.9. The van der Waals surface area contributed by atoms with Crippen molar-refractivity contribution in [1.29, 1.82) is 0 Å². The minimum Gasteiger partial charge on any atom is -0.486 e. The van der Waals surface area contributed by atoms with E-state index in [1.165, 1.54) is 11.8 Å². The Kier molecular flexibility index (Phi) is 5.03. The second-order valence-electron chi connectivity index (χ2n) is 7.13. The van der Waals surface area contributed by atoms with Gasteiger partial charge in [-0.15, -0.1) is 10.2 Å². The molecule has 5 rings (SSSR count). The summed E-state index contributed by atoms with van der Waals surface area (Å²) in [5.41, 5.74) is 2.55. The van der Waals surface area contributed by atoms with Crippen LogP contribution < -0.4 is 14.8 Å². The summed E-state index contributed by atoms with van der Waals surface area (Å²) in [6.45, 7) is 2.81. The van der Waals surface area contributed by atoms with Crippen molar-refractivity contribution in [3.8, 4) is 23.1 Å². The highest BCUT2D eigenvalue weighted by atomic mass is 32.2. The number of aryl methyl sites for hydroxylation is 1. The van der Waals surface area contributed by atoms with Gasteiger partial charge in [0.1, 0.15) is 18.9 Å². The molecule has 158 valence electrons. The zero-order valence-corrected chi connectivity index (χ0v) is 17.8. The average molecular weight is 436 g/mol. The fourth-order valence-corrected chi connectivity index (χ4v) is 4.11. The van der Waals surface area contributed by atoms with Gasteiger partial charge in [0.25, 0.3) is 11.1 Å². The van der Waals surface area contributed by atoms with Crippen molar-refractivity contribution >= 4 is 34.3 Å². The van der Waals surface area contributed by atoms with E-state index in [2.05, 4.69) is 15.5 Å². The van der Waals surface area contributed by atoms with Crippen molar-refractivity contribution in [3.05, 3.63) is 48.5 Å². The predicted octanol–water partition coefficient (Wildman–Crippen LogP) is 4.12. The largest absolute Gasteiger partial charge is 0.486 e. The molecule has 1 atom stereocenters. The number of aromatic nitrogens is 3. The van der Waals surface area contributed by atoms with Crippen LogP contribution in [0.3, 0.4) is 0 Å². The van der Waals surface area contributed by atoms with Crippen LogP contribution in [0.1, 0.15) is 6.92 Å². The molecule has 0 saturated heterocycles. The maximum absolute atomic E-state index is 12.6. The number of para-hydroxylation sites is 1. The van der Waals surface area contributed by atoms with Crippen LogP contribution >= 0.6 is 11.8 Å². The second-order valence-corrected chi connectivity index (χ2v) is 8.42. The van der Waals surface area contributed by atoms with Gasteiger partial charge in [-0.05, 0) is 31.2 Å². The highest BCUT2D eigenvalue weighted by molar-refractivity contribution is 8.00. The lowest BCUT2D eigenvalue weighted by Gasteiger charge is -2.19. The van der Waals surface area contributed by atoms with Crippen molar-refractivity contribution < 1.29 is 18.7 Å². The summed E-state index contributed by atoms with van der Waals surface area (Å²) in [7, 11) is 1.96. The molecule has 1 aliphatic heterocycles. The monoisotopic (exact) mass is 436 g/mol. The van der Waals surface area contributed by atoms with Gasteiger partial charge < -0.3 is 23.8 Å². The van der Waals surface area contributed by atoms with Crippen LogP contribution in [0.2, 0.25) is 0 Å². The number of ether oxygens (including phenoxy) is 2. The third-order valence-corrected chi connectivity index (χ3v) is 5.97. The van der Waals surface area contributed by atoms with Gasteiger partial charge in [0, 0.05) is 29.7 Å². The number of thioether (sulfide) groups is 1. The third-order valence-electron chi connectivity index (χ3n) is 5.03. The minimum absolute atomic E-state index is 0.175. The Labute approximate surface area is 182 Å². The number of amides is 1. The molecule has 0 fully saturated rings. The molecule has 2 aromatic carbocycles. The molecular weight excluding hydrogens is 416 g/mol. The van der Waals surface area contributed by atoms with Gasteiger partial charge in [0.2, 0.25) is 5.91 Å². The molecule has 0 saturated carbocycles. The Bertz CT molecular complexity index is 1270. The van der Waals surface area contributed by atoms with Crippen molar-refractivity contribution in [2.24, 2.45) is 7.05 Å². The number of fused-ring (bicyclic) bond motifs is 2. The molecule has 31 heavy (non-hydrogen) atoms. The molecule has 8 nitrogen and oxygen atoms in total. The Morgan fingerprint density at radius 3 is 2.74 bits per heavy atom. The van der Waals surface area contributed by atoms with Crippen molar-refractivity contribution in [3.63, 3.8) is 0 Å². The molecule has 0 radical (unpaired) electrons. The minimum atomic E-state index is -0.436. The summed E-state index contributed by atoms with van der Waals surface area (Å²) in [4.78, 5) is 12.6. The average Bonchev–Trinajstić information content (AvgIpc) is 3.38. The number of hydrogen-bond donors (Lipinski definition) is 1. The Morgan fingerprint density at radius 2 is 1.90 bits per heavy atom. The van der Waals surface area contributed by atoms with Crippen LogP contribution in [0, 0.1) is 0 Å². The van der Waals surface area contributed by atoms with E-state index >= 15 is 0 Å². The van der Waals surface area contributed by atoms with E-state index in [-0.39, 0.29) is 5.91 Å². The van der Waals surface area contributed by atoms with Crippen LogP contribution in [0.15, 0.2) is 58.2 Å². The van der Waals surface area contributed by atoms with Crippen molar-refractivity contribution in [2.45, 2.75) is 17.4 Å². The number of carbonyl (C=O) groups excluding carboxylic acids is 1. The van der Waals surface area contributed by atoms with Crippen molar-refractivity contribution in [1.82, 2.24) is 14.8 Å². The number of rotatable bonds is 5. The number of nitrogens with zero attached hydrogens (tertiary/aromatic N) is 3. The molecule has 0 unspecified atom stereocenters. The van der Waals surface area contributed by atoms with Crippen molar-refractivity contribution in [2.75, 3.05) is 18.5 Å². The maximum Gasteiger partial charge on any atom is 0.277 e. The Balaban J connectivity index is 1.27. The van der Waals surface area contributed by atoms with Gasteiger partial charge >= 0.3 is 0 Å². The summed E-state index contributed by atoms with van der Waals surface area (Å²) < 4.78 is 18.9. The zero-order valence-electron chi connectivity index (χ0n) is 17.0. The number of benzene rings is 2. The first-order valence-electron chi connectivity index (χ1n) is 9.84. The number of hydrogen-bond acceptors (Lipinski definition) is 7. The molecule has 0 spiro atoms. The lowest BCUT2D eigenvalue weighted by atomic mass is 10.2. The van der Waals surface area contributed by atoms with E-state index in [1.54, 1.807) is 25.1 Å². The van der Waals surface area contributed by atoms with Gasteiger partial charge in [-0.1, -0.05) is 30.0 Å². The summed E-state index contributed by atoms with van der Waals surface area (Å²) in [6, 6.07) is 15.4. The molecule has 4 aromatic rings. The van der Waals surface area contributed by atoms with E-state index in [0.717, 1.165) is 16.6 Å². The summed E-state index contributed by atoms with van der Waals surface area (Å²) >= 11 is 1.21. The van der Waals surface area contributed by atoms with E-state index in [4.69, 9.17) is 13.9 Å². The first kappa shape index (κ1) is 19.5. The van der Waals surface area contributed by atoms with E-state index in [9.17, 15) is 4.79 Å². The fourth-order valence-electron chi connectivity index (χ4n) is 3.42. The quantitative estimate of drug-likeness (QED) is 0.471. The fraction of sp³-hybridized carbons (Fsp3) is 0.227. The first-order valence-corrected chi connectivity index (χ1v) is 10.7. The molecule has 3 heterocycles. The van der Waals surface area contributed by atoms with Crippen LogP contribution in [0.4, 0.5) is 5.69 Å². The molecule has 0 aliphatic carbocycles. The lowest BCUT2D eigenvalue weighted by Crippen LogP contribution is -2.22. The van der Waals surface area contributed by atoms with Gasteiger partial charge in [0.05, 0.1) is 5.25 Å². The third kappa shape index (κ3) is 3.84. The van der Waals surface area contributed by atoms with E-state index in [0.29, 0.717) is 41.5 Å². The smallest absolute Gasteiger partial charge is 0.277 e. The second kappa shape index (κ2) is 7.99. The molecule has 1 aliphatic rings. The van der Waals surface area contributed by atoms with Crippen LogP contribution in [-0.2, 0) is 11.8 Å². The summed E-state index contributed by atoms with van der Waals surface area (Å²) in [5.74, 6) is 1.55. The predicted molar refractivity (Wildman–Crippen MR) is 118 cm³/mol. The molecule has 1 N–H and O–H groups in total. The zero-order chi connectivity index (χ0) is 21.4. The van der Waals surface area contributed by atoms with Gasteiger partial charge in [-0.25, -0.2) is 0 Å². The van der Waals surface area contributed by atoms with E-state index < -0.39 is 5.25 Å². The molecular formula is C22H20N4O4S. The maximum atomic E-state index is 12.6. The molecule has 1 amide bonds. The van der Waals surface area contributed by atoms with Gasteiger partial charge in [-0.2, -0.15) is 0 Å². The highest BCUT2D eigenvalue weighted by Gasteiger charge is 2.21. The first-order chi connectivity index (χ1) is 15.1. The Morgan fingerprint density at radius 1 is 1.10 bits per heavy atom. The standard InChI is InChI=1S/C22H20N4O4S/c1-13(20(27)23-15-7-8-18-19(12-15)29-10-9-28-18)31-22-25-24-21(30-22)17-11-14-5-3-4-6-16(14)26(17)2/h3-8,11-13H,9-10H2,1-2H3,(H,23,27)/t13-/m1/s1. The summed E-state index contributed by atoms with van der Waals surface area (Å²) in [6.07, 6.45) is 0. The molecule has 9 heteroatoms. The van der Waals surface area contributed by atoms with Crippen LogP contribution in [0.5, 0.6) is 11.5 Å². The number of carbonyl (C=O) groups is 1. The summed E-state index contributed by atoms with van der Waals surface area (Å²) in [5, 5.41) is 12.2. The van der Waals surface area contributed by atoms with Crippen LogP contribution in [-0.4, -0.2) is 39.1 Å². The van der Waals surface area contributed by atoms with Crippen LogP contribution in [0.25, 0.3) is 22.5 Å². The molecule has 0 bridgehead atoms. The molecule has 2 aromatic heterocycles. The SMILES string of the molecule is C[C@@H](Sc1nnc(-c2cc3ccccc3n2C)o1)C(=O)Nc1ccc2c(c1)OCCO2. The number of anilines is 1. The topological polar surface area (TPSA) is 91.4 Å².